The maximum absolute atomic E-state index is 9.38. The molecule has 1 aromatic rings. The van der Waals surface area contributed by atoms with Gasteiger partial charge in [-0.15, -0.1) is 0 Å². The largest absolute Gasteiger partial charge is 0.392 e. The molecule has 0 amide bonds. The number of aryl methyl sites for hydroxylation is 1. The fourth-order valence-electron chi connectivity index (χ4n) is 2.26. The van der Waals surface area contributed by atoms with Gasteiger partial charge in [-0.3, -0.25) is 4.98 Å². The molecular formula is C13H21N3O. The van der Waals surface area contributed by atoms with Crippen LogP contribution in [0.15, 0.2) is 12.3 Å². The normalized spacial score (nSPS) is 21.9. The van der Waals surface area contributed by atoms with Crippen molar-refractivity contribution in [3.8, 4) is 0 Å². The zero-order valence-electron chi connectivity index (χ0n) is 10.8. The molecule has 0 aliphatic carbocycles. The van der Waals surface area contributed by atoms with Gasteiger partial charge in [-0.2, -0.15) is 0 Å². The van der Waals surface area contributed by atoms with Crippen LogP contribution in [0.5, 0.6) is 0 Å². The first-order valence-electron chi connectivity index (χ1n) is 6.13. The van der Waals surface area contributed by atoms with Gasteiger partial charge in [0, 0.05) is 48.8 Å². The highest BCUT2D eigenvalue weighted by Crippen LogP contribution is 2.23. The topological polar surface area (TPSA) is 39.6 Å². The Kier molecular flexibility index (Phi) is 3.64. The number of nitrogens with zero attached hydrogens (tertiary/aromatic N) is 3. The molecule has 0 aromatic carbocycles. The molecule has 4 heteroatoms. The number of aromatic nitrogens is 1. The van der Waals surface area contributed by atoms with E-state index in [0.717, 1.165) is 36.6 Å². The Balaban J connectivity index is 2.24. The summed E-state index contributed by atoms with van der Waals surface area (Å²) in [5.74, 6) is 0. The first-order chi connectivity index (χ1) is 8.11. The number of likely N-dealkylation sites (N-methyl/N-ethyl adjacent to an activating group) is 1. The maximum atomic E-state index is 9.38. The number of rotatable bonds is 2. The summed E-state index contributed by atoms with van der Waals surface area (Å²) >= 11 is 0. The van der Waals surface area contributed by atoms with Crippen molar-refractivity contribution < 1.29 is 5.11 Å². The molecule has 1 saturated heterocycles. The number of anilines is 1. The molecule has 0 saturated carbocycles. The van der Waals surface area contributed by atoms with Crippen LogP contribution >= 0.6 is 0 Å². The number of hydrogen-bond acceptors (Lipinski definition) is 4. The first kappa shape index (κ1) is 12.3. The first-order valence-corrected chi connectivity index (χ1v) is 6.13. The average molecular weight is 235 g/mol. The Hall–Kier alpha value is -1.13. The van der Waals surface area contributed by atoms with E-state index in [1.165, 1.54) is 0 Å². The van der Waals surface area contributed by atoms with Crippen LogP contribution < -0.4 is 4.90 Å². The Morgan fingerprint density at radius 3 is 2.88 bits per heavy atom. The van der Waals surface area contributed by atoms with Crippen LogP contribution in [0.1, 0.15) is 18.2 Å². The van der Waals surface area contributed by atoms with E-state index in [4.69, 9.17) is 0 Å². The number of hydrogen-bond donors (Lipinski definition) is 1. The standard InChI is InChI=1S/C13H21N3O/c1-10-6-13(12(9-17)7-14-10)16-5-4-15(3)11(2)8-16/h6-7,11,17H,4-5,8-9H2,1-3H3. The molecule has 17 heavy (non-hydrogen) atoms. The molecule has 1 atom stereocenters. The molecule has 1 aliphatic rings. The highest BCUT2D eigenvalue weighted by atomic mass is 16.3. The lowest BCUT2D eigenvalue weighted by atomic mass is 10.1. The fraction of sp³-hybridized carbons (Fsp3) is 0.615. The van der Waals surface area contributed by atoms with E-state index in [0.29, 0.717) is 6.04 Å². The van der Waals surface area contributed by atoms with Gasteiger partial charge < -0.3 is 14.9 Å². The van der Waals surface area contributed by atoms with E-state index in [2.05, 4.69) is 34.8 Å². The Bertz CT molecular complexity index is 394. The molecule has 1 aliphatic heterocycles. The van der Waals surface area contributed by atoms with Crippen molar-refractivity contribution in [2.24, 2.45) is 0 Å². The average Bonchev–Trinajstić information content (AvgIpc) is 2.32. The summed E-state index contributed by atoms with van der Waals surface area (Å²) < 4.78 is 0. The van der Waals surface area contributed by atoms with Crippen molar-refractivity contribution in [3.05, 3.63) is 23.5 Å². The lowest BCUT2D eigenvalue weighted by Gasteiger charge is -2.39. The molecule has 1 unspecified atom stereocenters. The minimum absolute atomic E-state index is 0.0589. The van der Waals surface area contributed by atoms with Crippen molar-refractivity contribution in [1.29, 1.82) is 0 Å². The molecule has 94 valence electrons. The Morgan fingerprint density at radius 1 is 1.47 bits per heavy atom. The van der Waals surface area contributed by atoms with E-state index in [1.54, 1.807) is 6.20 Å². The van der Waals surface area contributed by atoms with Gasteiger partial charge in [0.25, 0.3) is 0 Å². The molecule has 2 rings (SSSR count). The molecule has 2 heterocycles. The number of aliphatic hydroxyl groups is 1. The molecule has 0 bridgehead atoms. The van der Waals surface area contributed by atoms with Crippen LogP contribution in [0, 0.1) is 6.92 Å². The number of aliphatic hydroxyl groups excluding tert-OH is 1. The lowest BCUT2D eigenvalue weighted by Crippen LogP contribution is -2.50. The van der Waals surface area contributed by atoms with Gasteiger partial charge in [-0.25, -0.2) is 0 Å². The third-order valence-corrected chi connectivity index (χ3v) is 3.57. The van der Waals surface area contributed by atoms with Crippen LogP contribution in [0.4, 0.5) is 5.69 Å². The summed E-state index contributed by atoms with van der Waals surface area (Å²) in [5.41, 5.74) is 3.07. The third kappa shape index (κ3) is 2.58. The predicted molar refractivity (Wildman–Crippen MR) is 69.2 cm³/mol. The van der Waals surface area contributed by atoms with Gasteiger partial charge in [0.1, 0.15) is 0 Å². The smallest absolute Gasteiger partial charge is 0.0717 e. The van der Waals surface area contributed by atoms with E-state index in [1.807, 2.05) is 6.92 Å². The third-order valence-electron chi connectivity index (χ3n) is 3.57. The summed E-state index contributed by atoms with van der Waals surface area (Å²) in [6.45, 7) is 7.37. The van der Waals surface area contributed by atoms with Crippen LogP contribution in [0.25, 0.3) is 0 Å². The van der Waals surface area contributed by atoms with Gasteiger partial charge in [-0.1, -0.05) is 0 Å². The number of piperazine rings is 1. The zero-order valence-corrected chi connectivity index (χ0v) is 10.8. The van der Waals surface area contributed by atoms with Gasteiger partial charge in [0.05, 0.1) is 6.61 Å². The predicted octanol–water partition coefficient (Wildman–Crippen LogP) is 1.02. The van der Waals surface area contributed by atoms with Crippen LogP contribution in [-0.2, 0) is 6.61 Å². The summed E-state index contributed by atoms with van der Waals surface area (Å²) in [6.07, 6.45) is 1.79. The lowest BCUT2D eigenvalue weighted by molar-refractivity contribution is 0.233. The molecule has 1 aromatic heterocycles. The monoisotopic (exact) mass is 235 g/mol. The van der Waals surface area contributed by atoms with Crippen LogP contribution in [-0.4, -0.2) is 47.7 Å². The van der Waals surface area contributed by atoms with E-state index < -0.39 is 0 Å². The molecule has 4 nitrogen and oxygen atoms in total. The van der Waals surface area contributed by atoms with Crippen molar-refractivity contribution >= 4 is 5.69 Å². The van der Waals surface area contributed by atoms with E-state index >= 15 is 0 Å². The Morgan fingerprint density at radius 2 is 2.24 bits per heavy atom. The van der Waals surface area contributed by atoms with Gasteiger partial charge in [0.15, 0.2) is 0 Å². The van der Waals surface area contributed by atoms with Gasteiger partial charge in [0.2, 0.25) is 0 Å². The second-order valence-electron chi connectivity index (χ2n) is 4.89. The van der Waals surface area contributed by atoms with Crippen molar-refractivity contribution in [1.82, 2.24) is 9.88 Å². The second kappa shape index (κ2) is 5.02. The summed E-state index contributed by atoms with van der Waals surface area (Å²) in [5, 5.41) is 9.38. The highest BCUT2D eigenvalue weighted by molar-refractivity contribution is 5.54. The van der Waals surface area contributed by atoms with Crippen molar-refractivity contribution in [2.75, 3.05) is 31.6 Å². The van der Waals surface area contributed by atoms with Crippen molar-refractivity contribution in [2.45, 2.75) is 26.5 Å². The summed E-state index contributed by atoms with van der Waals surface area (Å²) in [4.78, 5) is 8.96. The summed E-state index contributed by atoms with van der Waals surface area (Å²) in [6, 6.07) is 2.62. The fourth-order valence-corrected chi connectivity index (χ4v) is 2.26. The van der Waals surface area contributed by atoms with Crippen LogP contribution in [0.2, 0.25) is 0 Å². The van der Waals surface area contributed by atoms with E-state index in [9.17, 15) is 5.11 Å². The number of pyridine rings is 1. The second-order valence-corrected chi connectivity index (χ2v) is 4.89. The summed E-state index contributed by atoms with van der Waals surface area (Å²) in [7, 11) is 2.16. The minimum atomic E-state index is 0.0589. The van der Waals surface area contributed by atoms with Crippen molar-refractivity contribution in [3.63, 3.8) is 0 Å². The van der Waals surface area contributed by atoms with Gasteiger partial charge in [-0.05, 0) is 27.0 Å². The van der Waals surface area contributed by atoms with Crippen LogP contribution in [0.3, 0.4) is 0 Å². The zero-order chi connectivity index (χ0) is 12.4. The molecule has 0 spiro atoms. The quantitative estimate of drug-likeness (QED) is 0.831. The molecule has 0 radical (unpaired) electrons. The minimum Gasteiger partial charge on any atom is -0.392 e. The SMILES string of the molecule is Cc1cc(N2CCN(C)C(C)C2)c(CO)cn1. The molecule has 1 N–H and O–H groups in total. The van der Waals surface area contributed by atoms with E-state index in [-0.39, 0.29) is 6.61 Å². The van der Waals surface area contributed by atoms with Gasteiger partial charge >= 0.3 is 0 Å². The Labute approximate surface area is 103 Å². The molecular weight excluding hydrogens is 214 g/mol. The maximum Gasteiger partial charge on any atom is 0.0717 e. The highest BCUT2D eigenvalue weighted by Gasteiger charge is 2.22. The molecule has 1 fully saturated rings.